The van der Waals surface area contributed by atoms with Gasteiger partial charge < -0.3 is 5.11 Å². The predicted molar refractivity (Wildman–Crippen MR) is 94.6 cm³/mol. The van der Waals surface area contributed by atoms with Gasteiger partial charge in [0.05, 0.1) is 5.52 Å². The van der Waals surface area contributed by atoms with Crippen LogP contribution in [0.1, 0.15) is 34.7 Å². The summed E-state index contributed by atoms with van der Waals surface area (Å²) in [6, 6.07) is 5.36. The minimum atomic E-state index is -1.23. The molecule has 0 spiro atoms. The number of rotatable bonds is 3. The second-order valence-electron chi connectivity index (χ2n) is 5.88. The SMILES string of the molecule is CC(c1c(F)cc2ncc(Br)cc2c1F)c1nnc2ccc(C(=O)O)nn12. The van der Waals surface area contributed by atoms with Crippen molar-refractivity contribution < 1.29 is 18.7 Å². The number of aromatic carboxylic acids is 1. The van der Waals surface area contributed by atoms with Crippen LogP contribution in [0.25, 0.3) is 16.6 Å². The Morgan fingerprint density at radius 2 is 2.04 bits per heavy atom. The van der Waals surface area contributed by atoms with Crippen molar-refractivity contribution in [3.8, 4) is 0 Å². The lowest BCUT2D eigenvalue weighted by molar-refractivity contribution is 0.0688. The molecule has 0 fully saturated rings. The number of fused-ring (bicyclic) bond motifs is 2. The number of carboxylic acids is 1. The minimum Gasteiger partial charge on any atom is -0.476 e. The van der Waals surface area contributed by atoms with E-state index in [0.717, 1.165) is 6.07 Å². The van der Waals surface area contributed by atoms with Crippen LogP contribution in [0.3, 0.4) is 0 Å². The molecule has 10 heteroatoms. The van der Waals surface area contributed by atoms with E-state index < -0.39 is 23.5 Å². The van der Waals surface area contributed by atoms with Gasteiger partial charge in [-0.2, -0.15) is 9.61 Å². The Morgan fingerprint density at radius 1 is 1.26 bits per heavy atom. The van der Waals surface area contributed by atoms with Crippen molar-refractivity contribution in [2.24, 2.45) is 0 Å². The monoisotopic (exact) mass is 433 g/mol. The largest absolute Gasteiger partial charge is 0.476 e. The van der Waals surface area contributed by atoms with Crippen LogP contribution >= 0.6 is 15.9 Å². The molecule has 4 rings (SSSR count). The van der Waals surface area contributed by atoms with Crippen LogP contribution in [0.5, 0.6) is 0 Å². The zero-order valence-corrected chi connectivity index (χ0v) is 15.3. The van der Waals surface area contributed by atoms with Gasteiger partial charge in [0, 0.05) is 33.6 Å². The van der Waals surface area contributed by atoms with Crippen LogP contribution in [0.15, 0.2) is 34.9 Å². The summed E-state index contributed by atoms with van der Waals surface area (Å²) in [4.78, 5) is 15.2. The maximum absolute atomic E-state index is 15.1. The molecule has 0 radical (unpaired) electrons. The third kappa shape index (κ3) is 2.81. The molecular weight excluding hydrogens is 424 g/mol. The molecular formula is C17H10BrF2N5O2. The number of nitrogens with zero attached hydrogens (tertiary/aromatic N) is 5. The van der Waals surface area contributed by atoms with E-state index in [1.807, 2.05) is 0 Å². The van der Waals surface area contributed by atoms with Crippen molar-refractivity contribution >= 4 is 38.4 Å². The Kier molecular flexibility index (Phi) is 4.06. The standard InChI is InChI=1S/C17H10BrF2N5O2/c1-7(16-23-22-13-3-2-11(17(26)27)24-25(13)16)14-10(19)5-12-9(15(14)20)4-8(18)6-21-12/h2-7H,1H3,(H,26,27). The molecule has 0 aliphatic rings. The Balaban J connectivity index is 1.93. The average Bonchev–Trinajstić information content (AvgIpc) is 3.05. The molecule has 0 amide bonds. The molecule has 7 nitrogen and oxygen atoms in total. The van der Waals surface area contributed by atoms with Gasteiger partial charge in [-0.25, -0.2) is 13.6 Å². The molecule has 1 aromatic carbocycles. The first-order valence-electron chi connectivity index (χ1n) is 7.75. The van der Waals surface area contributed by atoms with Gasteiger partial charge >= 0.3 is 5.97 Å². The number of carbonyl (C=O) groups is 1. The van der Waals surface area contributed by atoms with Gasteiger partial charge in [0.15, 0.2) is 17.2 Å². The molecule has 1 N–H and O–H groups in total. The molecule has 1 unspecified atom stereocenters. The van der Waals surface area contributed by atoms with Crippen LogP contribution in [-0.4, -0.2) is 35.9 Å². The fourth-order valence-corrected chi connectivity index (χ4v) is 3.24. The fraction of sp³-hybridized carbons (Fsp3) is 0.118. The average molecular weight is 434 g/mol. The lowest BCUT2D eigenvalue weighted by Crippen LogP contribution is -2.11. The molecule has 136 valence electrons. The third-order valence-corrected chi connectivity index (χ3v) is 4.64. The highest BCUT2D eigenvalue weighted by atomic mass is 79.9. The zero-order chi connectivity index (χ0) is 19.3. The van der Waals surface area contributed by atoms with E-state index >= 15 is 4.39 Å². The molecule has 3 heterocycles. The van der Waals surface area contributed by atoms with Gasteiger partial charge in [-0.1, -0.05) is 6.92 Å². The Bertz CT molecular complexity index is 1230. The van der Waals surface area contributed by atoms with Crippen molar-refractivity contribution in [2.45, 2.75) is 12.8 Å². The first-order chi connectivity index (χ1) is 12.9. The normalized spacial score (nSPS) is 12.6. The highest BCUT2D eigenvalue weighted by Crippen LogP contribution is 2.32. The van der Waals surface area contributed by atoms with E-state index in [1.54, 1.807) is 6.92 Å². The predicted octanol–water partition coefficient (Wildman–Crippen LogP) is 3.56. The molecule has 3 aromatic heterocycles. The summed E-state index contributed by atoms with van der Waals surface area (Å²) in [7, 11) is 0. The second kappa shape index (κ2) is 6.31. The summed E-state index contributed by atoms with van der Waals surface area (Å²) in [5, 5.41) is 21.1. The summed E-state index contributed by atoms with van der Waals surface area (Å²) in [6.07, 6.45) is 1.45. The summed E-state index contributed by atoms with van der Waals surface area (Å²) in [5.41, 5.74) is -0.00281. The molecule has 1 atom stereocenters. The van der Waals surface area contributed by atoms with Crippen molar-refractivity contribution in [2.75, 3.05) is 0 Å². The van der Waals surface area contributed by atoms with E-state index in [1.165, 1.54) is 28.9 Å². The molecule has 0 aliphatic carbocycles. The number of halogens is 3. The highest BCUT2D eigenvalue weighted by molar-refractivity contribution is 9.10. The van der Waals surface area contributed by atoms with E-state index in [0.29, 0.717) is 4.47 Å². The van der Waals surface area contributed by atoms with Crippen molar-refractivity contribution in [1.29, 1.82) is 0 Å². The Hall–Kier alpha value is -3.01. The number of aromatic nitrogens is 5. The smallest absolute Gasteiger partial charge is 0.356 e. The summed E-state index contributed by atoms with van der Waals surface area (Å²) in [6.45, 7) is 1.55. The quantitative estimate of drug-likeness (QED) is 0.530. The van der Waals surface area contributed by atoms with Gasteiger partial charge in [0.1, 0.15) is 11.6 Å². The maximum atomic E-state index is 15.1. The zero-order valence-electron chi connectivity index (χ0n) is 13.7. The maximum Gasteiger partial charge on any atom is 0.356 e. The highest BCUT2D eigenvalue weighted by Gasteiger charge is 2.26. The molecule has 0 saturated heterocycles. The first-order valence-corrected chi connectivity index (χ1v) is 8.55. The summed E-state index contributed by atoms with van der Waals surface area (Å²) < 4.78 is 31.5. The van der Waals surface area contributed by atoms with Crippen molar-refractivity contribution in [1.82, 2.24) is 24.8 Å². The minimum absolute atomic E-state index is 0.119. The van der Waals surface area contributed by atoms with Crippen LogP contribution < -0.4 is 0 Å². The topological polar surface area (TPSA) is 93.3 Å². The van der Waals surface area contributed by atoms with Gasteiger partial charge in [0.25, 0.3) is 0 Å². The van der Waals surface area contributed by atoms with E-state index in [-0.39, 0.29) is 33.6 Å². The summed E-state index contributed by atoms with van der Waals surface area (Å²) in [5.74, 6) is -3.54. The van der Waals surface area contributed by atoms with E-state index in [9.17, 15) is 9.18 Å². The third-order valence-electron chi connectivity index (χ3n) is 4.21. The Labute approximate surface area is 158 Å². The Morgan fingerprint density at radius 3 is 2.78 bits per heavy atom. The molecule has 0 saturated carbocycles. The van der Waals surface area contributed by atoms with Crippen LogP contribution in [-0.2, 0) is 0 Å². The lowest BCUT2D eigenvalue weighted by atomic mass is 9.97. The number of carboxylic acid groups (broad SMARTS) is 1. The van der Waals surface area contributed by atoms with E-state index in [4.69, 9.17) is 5.11 Å². The molecule has 0 bridgehead atoms. The molecule has 4 aromatic rings. The van der Waals surface area contributed by atoms with Crippen LogP contribution in [0.4, 0.5) is 8.78 Å². The van der Waals surface area contributed by atoms with E-state index in [2.05, 4.69) is 36.2 Å². The lowest BCUT2D eigenvalue weighted by Gasteiger charge is -2.14. The second-order valence-corrected chi connectivity index (χ2v) is 6.80. The van der Waals surface area contributed by atoms with Crippen LogP contribution in [0, 0.1) is 11.6 Å². The number of benzene rings is 1. The number of hydrogen-bond donors (Lipinski definition) is 1. The first kappa shape index (κ1) is 17.4. The molecule has 0 aliphatic heterocycles. The van der Waals surface area contributed by atoms with Gasteiger partial charge in [-0.05, 0) is 34.1 Å². The van der Waals surface area contributed by atoms with Gasteiger partial charge in [0.2, 0.25) is 0 Å². The molecule has 27 heavy (non-hydrogen) atoms. The van der Waals surface area contributed by atoms with Crippen molar-refractivity contribution in [3.63, 3.8) is 0 Å². The summed E-state index contributed by atoms with van der Waals surface area (Å²) >= 11 is 3.22. The number of pyridine rings is 1. The fourth-order valence-electron chi connectivity index (χ4n) is 2.90. The van der Waals surface area contributed by atoms with Gasteiger partial charge in [-0.15, -0.1) is 10.2 Å². The van der Waals surface area contributed by atoms with Gasteiger partial charge in [-0.3, -0.25) is 4.98 Å². The van der Waals surface area contributed by atoms with Crippen molar-refractivity contribution in [3.05, 3.63) is 63.7 Å². The van der Waals surface area contributed by atoms with Crippen LogP contribution in [0.2, 0.25) is 0 Å². The number of hydrogen-bond acceptors (Lipinski definition) is 5.